The number of piperidine rings is 1. The topological polar surface area (TPSA) is 98.5 Å². The second kappa shape index (κ2) is 5.52. The predicted octanol–water partition coefficient (Wildman–Crippen LogP) is 1.49. The molecule has 1 N–H and O–H groups in total. The molecule has 0 saturated carbocycles. The van der Waals surface area contributed by atoms with Crippen LogP contribution in [0.2, 0.25) is 0 Å². The number of nitriles is 1. The van der Waals surface area contributed by atoms with E-state index in [2.05, 4.69) is 0 Å². The highest BCUT2D eigenvalue weighted by atomic mass is 32.2. The Labute approximate surface area is 121 Å². The Morgan fingerprint density at radius 3 is 2.75 bits per heavy atom. The van der Waals surface area contributed by atoms with Crippen LogP contribution in [0.5, 0.6) is 0 Å². The van der Waals surface area contributed by atoms with E-state index >= 15 is 0 Å². The molecule has 0 amide bonds. The first-order valence-electron chi connectivity index (χ1n) is 6.11. The first-order valence-corrected chi connectivity index (χ1v) is 8.36. The molecule has 20 heavy (non-hydrogen) atoms. The lowest BCUT2D eigenvalue weighted by Gasteiger charge is -2.34. The fraction of sp³-hybridized carbons (Fsp3) is 0.500. The normalized spacial score (nSPS) is 24.2. The number of rotatable bonds is 3. The average molecular weight is 314 g/mol. The number of hydrogen-bond donors (Lipinski definition) is 1. The molecule has 1 aliphatic rings. The van der Waals surface area contributed by atoms with E-state index in [1.165, 1.54) is 16.4 Å². The maximum Gasteiger partial charge on any atom is 0.307 e. The molecule has 2 heterocycles. The molecule has 2 rings (SSSR count). The summed E-state index contributed by atoms with van der Waals surface area (Å²) < 4.78 is 26.4. The monoisotopic (exact) mass is 314 g/mol. The van der Waals surface area contributed by atoms with Crippen molar-refractivity contribution in [1.29, 1.82) is 5.26 Å². The number of hydrogen-bond acceptors (Lipinski definition) is 5. The van der Waals surface area contributed by atoms with Crippen LogP contribution in [0.25, 0.3) is 0 Å². The van der Waals surface area contributed by atoms with Gasteiger partial charge in [0.2, 0.25) is 0 Å². The highest BCUT2D eigenvalue weighted by Gasteiger charge is 2.38. The van der Waals surface area contributed by atoms with E-state index in [0.717, 1.165) is 11.3 Å². The highest BCUT2D eigenvalue weighted by Crippen LogP contribution is 2.31. The number of thiophene rings is 1. The lowest BCUT2D eigenvalue weighted by Crippen LogP contribution is -2.47. The van der Waals surface area contributed by atoms with Crippen LogP contribution in [0.3, 0.4) is 0 Å². The van der Waals surface area contributed by atoms with Crippen LogP contribution in [0.15, 0.2) is 16.3 Å². The molecule has 1 aromatic heterocycles. The van der Waals surface area contributed by atoms with Crippen LogP contribution in [-0.2, 0) is 14.8 Å². The van der Waals surface area contributed by atoms with Crippen LogP contribution in [-0.4, -0.2) is 36.4 Å². The molecule has 1 saturated heterocycles. The minimum atomic E-state index is -3.73. The van der Waals surface area contributed by atoms with Crippen molar-refractivity contribution in [2.24, 2.45) is 5.92 Å². The van der Waals surface area contributed by atoms with E-state index in [9.17, 15) is 13.2 Å². The average Bonchev–Trinajstić information content (AvgIpc) is 2.88. The quantitative estimate of drug-likeness (QED) is 0.911. The molecule has 0 radical (unpaired) electrons. The molecule has 2 unspecified atom stereocenters. The van der Waals surface area contributed by atoms with E-state index in [1.54, 1.807) is 6.92 Å². The lowest BCUT2D eigenvalue weighted by molar-refractivity contribution is -0.143. The number of carboxylic acids is 1. The van der Waals surface area contributed by atoms with E-state index in [0.29, 0.717) is 17.7 Å². The Balaban J connectivity index is 2.32. The fourth-order valence-electron chi connectivity index (χ4n) is 2.25. The molecule has 1 fully saturated rings. The fourth-order valence-corrected chi connectivity index (χ4v) is 5.18. The molecular weight excluding hydrogens is 300 g/mol. The molecule has 1 aliphatic heterocycles. The summed E-state index contributed by atoms with van der Waals surface area (Å²) in [6, 6.07) is 4.53. The maximum atomic E-state index is 12.5. The van der Waals surface area contributed by atoms with Gasteiger partial charge in [0, 0.05) is 12.6 Å². The SMILES string of the molecule is CC1CCC(C(=O)O)CN1S(=O)(=O)c1ccc(C#N)s1. The molecule has 1 aromatic rings. The second-order valence-electron chi connectivity index (χ2n) is 4.77. The third kappa shape index (κ3) is 2.70. The summed E-state index contributed by atoms with van der Waals surface area (Å²) in [7, 11) is -3.73. The van der Waals surface area contributed by atoms with Gasteiger partial charge in [0.1, 0.15) is 15.2 Å². The standard InChI is InChI=1S/C12H14N2O4S2/c1-8-2-3-9(12(15)16)7-14(8)20(17,18)11-5-4-10(6-13)19-11/h4-5,8-9H,2-3,7H2,1H3,(H,15,16). The van der Waals surface area contributed by atoms with E-state index < -0.39 is 21.9 Å². The zero-order chi connectivity index (χ0) is 14.9. The van der Waals surface area contributed by atoms with Gasteiger partial charge in [0.05, 0.1) is 5.92 Å². The number of nitrogens with zero attached hydrogens (tertiary/aromatic N) is 2. The molecule has 8 heteroatoms. The third-order valence-electron chi connectivity index (χ3n) is 3.43. The zero-order valence-electron chi connectivity index (χ0n) is 10.8. The van der Waals surface area contributed by atoms with Crippen molar-refractivity contribution in [3.05, 3.63) is 17.0 Å². The van der Waals surface area contributed by atoms with Gasteiger partial charge in [-0.25, -0.2) is 8.42 Å². The molecular formula is C12H14N2O4S2. The second-order valence-corrected chi connectivity index (χ2v) is 7.97. The van der Waals surface area contributed by atoms with E-state index in [4.69, 9.17) is 10.4 Å². The number of carbonyl (C=O) groups is 1. The molecule has 108 valence electrons. The van der Waals surface area contributed by atoms with Gasteiger partial charge in [-0.3, -0.25) is 4.79 Å². The zero-order valence-corrected chi connectivity index (χ0v) is 12.4. The Hall–Kier alpha value is -1.43. The lowest BCUT2D eigenvalue weighted by atomic mass is 9.96. The molecule has 0 aromatic carbocycles. The van der Waals surface area contributed by atoms with Crippen LogP contribution in [0.1, 0.15) is 24.6 Å². The maximum absolute atomic E-state index is 12.5. The summed E-state index contributed by atoms with van der Waals surface area (Å²) >= 11 is 0.907. The van der Waals surface area contributed by atoms with Gasteiger partial charge in [-0.15, -0.1) is 11.3 Å². The molecule has 6 nitrogen and oxygen atoms in total. The van der Waals surface area contributed by atoms with Crippen LogP contribution in [0.4, 0.5) is 0 Å². The van der Waals surface area contributed by atoms with Crippen LogP contribution >= 0.6 is 11.3 Å². The van der Waals surface area contributed by atoms with Crippen LogP contribution in [0, 0.1) is 17.2 Å². The summed E-state index contributed by atoms with van der Waals surface area (Å²) in [6.07, 6.45) is 1.00. The summed E-state index contributed by atoms with van der Waals surface area (Å²) in [4.78, 5) is 11.4. The summed E-state index contributed by atoms with van der Waals surface area (Å²) in [5, 5.41) is 17.8. The van der Waals surface area contributed by atoms with E-state index in [1.807, 2.05) is 6.07 Å². The summed E-state index contributed by atoms with van der Waals surface area (Å²) in [5.74, 6) is -1.64. The molecule has 0 bridgehead atoms. The van der Waals surface area contributed by atoms with Crippen molar-refractivity contribution in [2.75, 3.05) is 6.54 Å². The molecule has 0 spiro atoms. The molecule has 2 atom stereocenters. The minimum Gasteiger partial charge on any atom is -0.481 e. The van der Waals surface area contributed by atoms with Crippen molar-refractivity contribution in [1.82, 2.24) is 4.31 Å². The minimum absolute atomic E-state index is 0.0153. The predicted molar refractivity (Wildman–Crippen MR) is 72.7 cm³/mol. The Kier molecular flexibility index (Phi) is 4.13. The third-order valence-corrected chi connectivity index (χ3v) is 6.87. The van der Waals surface area contributed by atoms with Gasteiger partial charge in [0.25, 0.3) is 10.0 Å². The van der Waals surface area contributed by atoms with Gasteiger partial charge in [0.15, 0.2) is 0 Å². The van der Waals surface area contributed by atoms with Crippen molar-refractivity contribution in [3.8, 4) is 6.07 Å². The Morgan fingerprint density at radius 1 is 1.50 bits per heavy atom. The largest absolute Gasteiger partial charge is 0.481 e. The van der Waals surface area contributed by atoms with Gasteiger partial charge in [-0.1, -0.05) is 0 Å². The molecule has 0 aliphatic carbocycles. The number of sulfonamides is 1. The van der Waals surface area contributed by atoms with Gasteiger partial charge in [-0.2, -0.15) is 9.57 Å². The van der Waals surface area contributed by atoms with Crippen molar-refractivity contribution < 1.29 is 18.3 Å². The van der Waals surface area contributed by atoms with Gasteiger partial charge >= 0.3 is 5.97 Å². The first kappa shape index (κ1) is 15.0. The van der Waals surface area contributed by atoms with Gasteiger partial charge in [-0.05, 0) is 31.9 Å². The van der Waals surface area contributed by atoms with E-state index in [-0.39, 0.29) is 16.8 Å². The van der Waals surface area contributed by atoms with Gasteiger partial charge < -0.3 is 5.11 Å². The van der Waals surface area contributed by atoms with Crippen molar-refractivity contribution in [2.45, 2.75) is 30.0 Å². The summed E-state index contributed by atoms with van der Waals surface area (Å²) in [5.41, 5.74) is 0. The number of carboxylic acid groups (broad SMARTS) is 1. The van der Waals surface area contributed by atoms with Crippen LogP contribution < -0.4 is 0 Å². The van der Waals surface area contributed by atoms with Crippen molar-refractivity contribution in [3.63, 3.8) is 0 Å². The Bertz CT molecular complexity index is 659. The Morgan fingerprint density at radius 2 is 2.20 bits per heavy atom. The smallest absolute Gasteiger partial charge is 0.307 e. The summed E-state index contributed by atoms with van der Waals surface area (Å²) in [6.45, 7) is 1.76. The number of aliphatic carboxylic acids is 1. The highest BCUT2D eigenvalue weighted by molar-refractivity contribution is 7.91. The first-order chi connectivity index (χ1) is 9.36. The van der Waals surface area contributed by atoms with Crippen molar-refractivity contribution >= 4 is 27.3 Å².